The first-order valence-corrected chi connectivity index (χ1v) is 7.92. The van der Waals surface area contributed by atoms with E-state index in [-0.39, 0.29) is 5.88 Å². The van der Waals surface area contributed by atoms with Gasteiger partial charge in [0.05, 0.1) is 29.9 Å². The van der Waals surface area contributed by atoms with Crippen LogP contribution in [0.2, 0.25) is 0 Å². The van der Waals surface area contributed by atoms with Gasteiger partial charge in [-0.3, -0.25) is 0 Å². The molecule has 2 heterocycles. The third kappa shape index (κ3) is 3.54. The standard InChI is InChI=1S/C15H20BBrFNO4/c1-14(2)15(3,4)23-16(22-14)11(18)8-9-7-10(17)13(21-6)19-12(9)20-5/h7-8H,1-6H3. The third-order valence-corrected chi connectivity index (χ3v) is 4.66. The molecule has 0 aromatic carbocycles. The van der Waals surface area contributed by atoms with Crippen LogP contribution < -0.4 is 9.47 Å². The lowest BCUT2D eigenvalue weighted by Crippen LogP contribution is -2.41. The summed E-state index contributed by atoms with van der Waals surface area (Å²) in [5.41, 5.74) is -1.31. The van der Waals surface area contributed by atoms with E-state index < -0.39 is 24.0 Å². The largest absolute Gasteiger partial charge is 0.525 e. The van der Waals surface area contributed by atoms with E-state index in [2.05, 4.69) is 20.9 Å². The molecule has 0 atom stereocenters. The molecule has 0 spiro atoms. The van der Waals surface area contributed by atoms with Gasteiger partial charge in [-0.05, 0) is 55.8 Å². The summed E-state index contributed by atoms with van der Waals surface area (Å²) in [7, 11) is 1.89. The number of aromatic nitrogens is 1. The Kier molecular flexibility index (Phi) is 5.08. The van der Waals surface area contributed by atoms with Gasteiger partial charge in [-0.15, -0.1) is 0 Å². The van der Waals surface area contributed by atoms with Crippen molar-refractivity contribution in [3.8, 4) is 11.8 Å². The predicted octanol–water partition coefficient (Wildman–Crippen LogP) is 3.80. The summed E-state index contributed by atoms with van der Waals surface area (Å²) >= 11 is 3.32. The van der Waals surface area contributed by atoms with Gasteiger partial charge in [0.25, 0.3) is 0 Å². The Morgan fingerprint density at radius 1 is 1.17 bits per heavy atom. The molecule has 1 aliphatic heterocycles. The second-order valence-electron chi connectivity index (χ2n) is 6.20. The minimum Gasteiger partial charge on any atom is -0.480 e. The van der Waals surface area contributed by atoms with E-state index in [1.807, 2.05) is 27.7 Å². The molecular formula is C15H20BBrFNO4. The number of hydrogen-bond donors (Lipinski definition) is 0. The van der Waals surface area contributed by atoms with Gasteiger partial charge in [-0.25, -0.2) is 4.39 Å². The number of nitrogens with zero attached hydrogens (tertiary/aromatic N) is 1. The summed E-state index contributed by atoms with van der Waals surface area (Å²) in [6.45, 7) is 7.47. The molecule has 0 amide bonds. The lowest BCUT2D eigenvalue weighted by Gasteiger charge is -2.32. The van der Waals surface area contributed by atoms with Crippen molar-refractivity contribution < 1.29 is 23.2 Å². The van der Waals surface area contributed by atoms with Gasteiger partial charge in [0.15, 0.2) is 0 Å². The zero-order chi connectivity index (χ0) is 17.4. The van der Waals surface area contributed by atoms with Crippen LogP contribution in [0.15, 0.2) is 16.3 Å². The Hall–Kier alpha value is -1.12. The molecule has 0 aliphatic carbocycles. The third-order valence-electron chi connectivity index (χ3n) is 4.10. The van der Waals surface area contributed by atoms with Crippen molar-refractivity contribution in [3.05, 3.63) is 21.8 Å². The van der Waals surface area contributed by atoms with Crippen LogP contribution in [0, 0.1) is 0 Å². The van der Waals surface area contributed by atoms with Crippen molar-refractivity contribution in [1.82, 2.24) is 4.98 Å². The van der Waals surface area contributed by atoms with Crippen LogP contribution in [0.4, 0.5) is 4.39 Å². The maximum Gasteiger partial charge on any atom is 0.525 e. The smallest absolute Gasteiger partial charge is 0.480 e. The highest BCUT2D eigenvalue weighted by Crippen LogP contribution is 2.39. The first kappa shape index (κ1) is 18.2. The lowest BCUT2D eigenvalue weighted by atomic mass is 9.87. The van der Waals surface area contributed by atoms with Gasteiger partial charge in [-0.2, -0.15) is 4.98 Å². The average Bonchev–Trinajstić information content (AvgIpc) is 2.68. The highest BCUT2D eigenvalue weighted by Gasteiger charge is 2.53. The number of ether oxygens (including phenoxy) is 2. The van der Waals surface area contributed by atoms with Crippen molar-refractivity contribution in [2.45, 2.75) is 38.9 Å². The molecule has 0 radical (unpaired) electrons. The molecule has 2 rings (SSSR count). The number of rotatable bonds is 4. The Labute approximate surface area is 144 Å². The van der Waals surface area contributed by atoms with Gasteiger partial charge in [0.2, 0.25) is 11.8 Å². The molecule has 0 bridgehead atoms. The summed E-state index contributed by atoms with van der Waals surface area (Å²) in [6, 6.07) is 1.66. The predicted molar refractivity (Wildman–Crippen MR) is 90.2 cm³/mol. The van der Waals surface area contributed by atoms with E-state index >= 15 is 0 Å². The monoisotopic (exact) mass is 387 g/mol. The quantitative estimate of drug-likeness (QED) is 0.735. The SMILES string of the molecule is COc1nc(OC)c(C=C(F)B2OC(C)(C)C(C)(C)O2)cc1Br. The summed E-state index contributed by atoms with van der Waals surface area (Å²) in [6.07, 6.45) is 1.29. The second kappa shape index (κ2) is 6.41. The summed E-state index contributed by atoms with van der Waals surface area (Å²) in [4.78, 5) is 4.16. The lowest BCUT2D eigenvalue weighted by molar-refractivity contribution is 0.00578. The van der Waals surface area contributed by atoms with Gasteiger partial charge < -0.3 is 18.8 Å². The zero-order valence-corrected chi connectivity index (χ0v) is 15.7. The summed E-state index contributed by atoms with van der Waals surface area (Å²) in [5.74, 6) is 0.603. The van der Waals surface area contributed by atoms with Crippen molar-refractivity contribution in [3.63, 3.8) is 0 Å². The summed E-state index contributed by atoms with van der Waals surface area (Å²) < 4.78 is 36.8. The Balaban J connectivity index is 2.34. The first-order chi connectivity index (χ1) is 10.6. The molecule has 0 unspecified atom stereocenters. The van der Waals surface area contributed by atoms with Gasteiger partial charge in [0.1, 0.15) is 5.73 Å². The molecule has 1 fully saturated rings. The molecular weight excluding hydrogens is 368 g/mol. The van der Waals surface area contributed by atoms with Crippen LogP contribution in [0.25, 0.3) is 6.08 Å². The fourth-order valence-corrected chi connectivity index (χ4v) is 2.55. The topological polar surface area (TPSA) is 49.8 Å². The first-order valence-electron chi connectivity index (χ1n) is 7.12. The molecule has 23 heavy (non-hydrogen) atoms. The van der Waals surface area contributed by atoms with Gasteiger partial charge in [-0.1, -0.05) is 0 Å². The molecule has 0 saturated carbocycles. The van der Waals surface area contributed by atoms with Crippen molar-refractivity contribution in [2.75, 3.05) is 14.2 Å². The highest BCUT2D eigenvalue weighted by atomic mass is 79.9. The van der Waals surface area contributed by atoms with E-state index in [4.69, 9.17) is 18.8 Å². The second-order valence-corrected chi connectivity index (χ2v) is 7.05. The Bertz CT molecular complexity index is 620. The zero-order valence-electron chi connectivity index (χ0n) is 14.1. The Morgan fingerprint density at radius 3 is 2.17 bits per heavy atom. The van der Waals surface area contributed by atoms with Crippen LogP contribution in [0.3, 0.4) is 0 Å². The van der Waals surface area contributed by atoms with E-state index in [0.29, 0.717) is 15.9 Å². The van der Waals surface area contributed by atoms with Gasteiger partial charge in [0, 0.05) is 5.56 Å². The maximum absolute atomic E-state index is 14.6. The van der Waals surface area contributed by atoms with E-state index in [9.17, 15) is 4.39 Å². The van der Waals surface area contributed by atoms with E-state index in [1.54, 1.807) is 6.07 Å². The molecule has 1 saturated heterocycles. The molecule has 1 aromatic heterocycles. The van der Waals surface area contributed by atoms with Crippen molar-refractivity contribution in [2.24, 2.45) is 0 Å². The van der Waals surface area contributed by atoms with Crippen LogP contribution in [-0.4, -0.2) is 37.5 Å². The number of methoxy groups -OCH3 is 2. The maximum atomic E-state index is 14.6. The normalized spacial score (nSPS) is 19.8. The van der Waals surface area contributed by atoms with Crippen LogP contribution in [-0.2, 0) is 9.31 Å². The fraction of sp³-hybridized carbons (Fsp3) is 0.533. The van der Waals surface area contributed by atoms with Gasteiger partial charge >= 0.3 is 7.12 Å². The number of hydrogen-bond acceptors (Lipinski definition) is 5. The summed E-state index contributed by atoms with van der Waals surface area (Å²) in [5, 5.41) is 0. The molecule has 5 nitrogen and oxygen atoms in total. The van der Waals surface area contributed by atoms with E-state index in [1.165, 1.54) is 20.3 Å². The van der Waals surface area contributed by atoms with Crippen LogP contribution in [0.5, 0.6) is 11.8 Å². The molecule has 1 aromatic rings. The molecule has 8 heteroatoms. The Morgan fingerprint density at radius 2 is 1.70 bits per heavy atom. The number of halogens is 2. The fourth-order valence-electron chi connectivity index (χ4n) is 2.05. The van der Waals surface area contributed by atoms with Crippen LogP contribution >= 0.6 is 15.9 Å². The number of pyridine rings is 1. The average molecular weight is 388 g/mol. The minimum absolute atomic E-state index is 0.247. The minimum atomic E-state index is -1.06. The van der Waals surface area contributed by atoms with Crippen molar-refractivity contribution in [1.29, 1.82) is 0 Å². The van der Waals surface area contributed by atoms with Crippen LogP contribution in [0.1, 0.15) is 33.3 Å². The van der Waals surface area contributed by atoms with E-state index in [0.717, 1.165) is 0 Å². The molecule has 126 valence electrons. The van der Waals surface area contributed by atoms with Crippen molar-refractivity contribution >= 4 is 29.1 Å². The highest BCUT2D eigenvalue weighted by molar-refractivity contribution is 9.10. The molecule has 1 aliphatic rings. The molecule has 0 N–H and O–H groups in total.